The molecule has 0 spiro atoms. The summed E-state index contributed by atoms with van der Waals surface area (Å²) in [6, 6.07) is 9.58. The van der Waals surface area contributed by atoms with E-state index in [1.54, 1.807) is 7.11 Å². The van der Waals surface area contributed by atoms with Gasteiger partial charge in [-0.15, -0.1) is 0 Å². The van der Waals surface area contributed by atoms with Gasteiger partial charge in [0, 0.05) is 17.8 Å². The van der Waals surface area contributed by atoms with Gasteiger partial charge in [0.15, 0.2) is 0 Å². The van der Waals surface area contributed by atoms with Gasteiger partial charge < -0.3 is 10.1 Å². The van der Waals surface area contributed by atoms with Crippen LogP contribution in [0.15, 0.2) is 30.3 Å². The maximum absolute atomic E-state index is 12.0. The molecule has 0 saturated heterocycles. The third kappa shape index (κ3) is 4.08. The Morgan fingerprint density at radius 2 is 2.10 bits per heavy atom. The van der Waals surface area contributed by atoms with E-state index in [9.17, 15) is 4.79 Å². The molecule has 1 aromatic heterocycles. The van der Waals surface area contributed by atoms with Gasteiger partial charge >= 0.3 is 0 Å². The molecule has 1 aromatic carbocycles. The second-order valence-corrected chi connectivity index (χ2v) is 4.99. The Kier molecular flexibility index (Phi) is 4.98. The van der Waals surface area contributed by atoms with Crippen molar-refractivity contribution < 1.29 is 9.53 Å². The average Bonchev–Trinajstić information content (AvgIpc) is 2.77. The van der Waals surface area contributed by atoms with Gasteiger partial charge in [0.2, 0.25) is 5.91 Å². The number of aromatic nitrogens is 2. The Balaban J connectivity index is 1.84. The highest BCUT2D eigenvalue weighted by molar-refractivity contribution is 5.79. The van der Waals surface area contributed by atoms with E-state index in [0.29, 0.717) is 19.5 Å². The predicted octanol–water partition coefficient (Wildman–Crippen LogP) is 1.87. The largest absolute Gasteiger partial charge is 0.496 e. The van der Waals surface area contributed by atoms with Crippen LogP contribution in [0.1, 0.15) is 17.0 Å². The van der Waals surface area contributed by atoms with E-state index in [2.05, 4.69) is 10.4 Å². The first kappa shape index (κ1) is 15.1. The number of rotatable bonds is 6. The molecule has 0 bridgehead atoms. The van der Waals surface area contributed by atoms with Crippen LogP contribution in [0.3, 0.4) is 0 Å². The fourth-order valence-corrected chi connectivity index (χ4v) is 2.29. The number of hydrogen-bond acceptors (Lipinski definition) is 3. The van der Waals surface area contributed by atoms with Gasteiger partial charge in [-0.3, -0.25) is 9.48 Å². The number of ether oxygens (including phenoxy) is 1. The summed E-state index contributed by atoms with van der Waals surface area (Å²) in [6.07, 6.45) is 0.321. The van der Waals surface area contributed by atoms with Gasteiger partial charge in [-0.1, -0.05) is 18.2 Å². The Labute approximate surface area is 124 Å². The molecule has 1 amide bonds. The number of methoxy groups -OCH3 is 1. The van der Waals surface area contributed by atoms with Crippen molar-refractivity contribution in [3.63, 3.8) is 0 Å². The Morgan fingerprint density at radius 3 is 2.76 bits per heavy atom. The molecule has 1 heterocycles. The molecule has 21 heavy (non-hydrogen) atoms. The highest BCUT2D eigenvalue weighted by Gasteiger charge is 2.08. The number of nitrogens with one attached hydrogen (secondary N) is 1. The molecule has 0 atom stereocenters. The first-order chi connectivity index (χ1) is 10.1. The van der Waals surface area contributed by atoms with Crippen molar-refractivity contribution >= 4 is 5.91 Å². The molecule has 1 N–H and O–H groups in total. The lowest BCUT2D eigenvalue weighted by Crippen LogP contribution is -2.29. The zero-order chi connectivity index (χ0) is 15.2. The van der Waals surface area contributed by atoms with Crippen LogP contribution in [-0.4, -0.2) is 29.3 Å². The van der Waals surface area contributed by atoms with Crippen molar-refractivity contribution in [1.29, 1.82) is 0 Å². The van der Waals surface area contributed by atoms with E-state index < -0.39 is 0 Å². The number of carbonyl (C=O) groups is 1. The number of amides is 1. The summed E-state index contributed by atoms with van der Waals surface area (Å²) in [7, 11) is 1.61. The maximum atomic E-state index is 12.0. The van der Waals surface area contributed by atoms with Crippen LogP contribution in [0, 0.1) is 13.8 Å². The van der Waals surface area contributed by atoms with Gasteiger partial charge in [-0.05, 0) is 26.0 Å². The van der Waals surface area contributed by atoms with Crippen LogP contribution >= 0.6 is 0 Å². The lowest BCUT2D eigenvalue weighted by molar-refractivity contribution is -0.120. The molecular formula is C16H21N3O2. The first-order valence-electron chi connectivity index (χ1n) is 7.00. The molecule has 5 heteroatoms. The molecule has 2 rings (SSSR count). The Hall–Kier alpha value is -2.30. The second-order valence-electron chi connectivity index (χ2n) is 4.99. The number of hydrogen-bond donors (Lipinski definition) is 1. The topological polar surface area (TPSA) is 56.1 Å². The summed E-state index contributed by atoms with van der Waals surface area (Å²) in [5, 5.41) is 7.28. The molecule has 0 fully saturated rings. The summed E-state index contributed by atoms with van der Waals surface area (Å²) < 4.78 is 7.15. The molecule has 2 aromatic rings. The van der Waals surface area contributed by atoms with Gasteiger partial charge in [-0.25, -0.2) is 0 Å². The lowest BCUT2D eigenvalue weighted by atomic mass is 10.1. The van der Waals surface area contributed by atoms with Crippen LogP contribution < -0.4 is 10.1 Å². The van der Waals surface area contributed by atoms with Gasteiger partial charge in [0.05, 0.1) is 25.8 Å². The van der Waals surface area contributed by atoms with Crippen molar-refractivity contribution in [2.75, 3.05) is 13.7 Å². The minimum atomic E-state index is -0.0129. The lowest BCUT2D eigenvalue weighted by Gasteiger charge is -2.09. The number of para-hydroxylation sites is 1. The van der Waals surface area contributed by atoms with Crippen LogP contribution in [0.4, 0.5) is 0 Å². The summed E-state index contributed by atoms with van der Waals surface area (Å²) in [5.74, 6) is 0.729. The van der Waals surface area contributed by atoms with Gasteiger partial charge in [-0.2, -0.15) is 5.10 Å². The van der Waals surface area contributed by atoms with Crippen molar-refractivity contribution in [2.24, 2.45) is 0 Å². The van der Waals surface area contributed by atoms with E-state index in [0.717, 1.165) is 22.7 Å². The Bertz CT molecular complexity index is 620. The normalized spacial score (nSPS) is 10.4. The van der Waals surface area contributed by atoms with Crippen LogP contribution in [0.2, 0.25) is 0 Å². The molecule has 0 saturated carbocycles. The number of aryl methyl sites for hydroxylation is 2. The molecule has 0 radical (unpaired) electrons. The maximum Gasteiger partial charge on any atom is 0.224 e. The van der Waals surface area contributed by atoms with Gasteiger partial charge in [0.1, 0.15) is 5.75 Å². The van der Waals surface area contributed by atoms with E-state index in [4.69, 9.17) is 4.74 Å². The summed E-state index contributed by atoms with van der Waals surface area (Å²) in [4.78, 5) is 12.0. The molecule has 112 valence electrons. The second kappa shape index (κ2) is 6.92. The smallest absolute Gasteiger partial charge is 0.224 e. The zero-order valence-electron chi connectivity index (χ0n) is 12.7. The van der Waals surface area contributed by atoms with Crippen LogP contribution in [-0.2, 0) is 17.8 Å². The summed E-state index contributed by atoms with van der Waals surface area (Å²) in [5.41, 5.74) is 2.99. The van der Waals surface area contributed by atoms with E-state index >= 15 is 0 Å². The fourth-order valence-electron chi connectivity index (χ4n) is 2.29. The van der Waals surface area contributed by atoms with Crippen molar-refractivity contribution in [3.8, 4) is 5.75 Å². The quantitative estimate of drug-likeness (QED) is 0.882. The SMILES string of the molecule is COc1ccccc1CC(=O)NCCn1nc(C)cc1C. The molecular weight excluding hydrogens is 266 g/mol. The third-order valence-electron chi connectivity index (χ3n) is 3.29. The average molecular weight is 287 g/mol. The van der Waals surface area contributed by atoms with Crippen LogP contribution in [0.5, 0.6) is 5.75 Å². The summed E-state index contributed by atoms with van der Waals surface area (Å²) in [6.45, 7) is 5.22. The highest BCUT2D eigenvalue weighted by Crippen LogP contribution is 2.17. The minimum absolute atomic E-state index is 0.0129. The van der Waals surface area contributed by atoms with Crippen LogP contribution in [0.25, 0.3) is 0 Å². The molecule has 0 unspecified atom stereocenters. The Morgan fingerprint density at radius 1 is 1.33 bits per heavy atom. The number of nitrogens with zero attached hydrogens (tertiary/aromatic N) is 2. The summed E-state index contributed by atoms with van der Waals surface area (Å²) >= 11 is 0. The number of benzene rings is 1. The molecule has 0 aliphatic carbocycles. The zero-order valence-corrected chi connectivity index (χ0v) is 12.7. The third-order valence-corrected chi connectivity index (χ3v) is 3.29. The number of carbonyl (C=O) groups excluding carboxylic acids is 1. The molecule has 0 aliphatic heterocycles. The van der Waals surface area contributed by atoms with E-state index in [-0.39, 0.29) is 5.91 Å². The monoisotopic (exact) mass is 287 g/mol. The molecule has 5 nitrogen and oxygen atoms in total. The van der Waals surface area contributed by atoms with Crippen molar-refractivity contribution in [2.45, 2.75) is 26.8 Å². The highest BCUT2D eigenvalue weighted by atomic mass is 16.5. The van der Waals surface area contributed by atoms with Crippen molar-refractivity contribution in [1.82, 2.24) is 15.1 Å². The standard InChI is InChI=1S/C16H21N3O2/c1-12-10-13(2)19(18-12)9-8-17-16(20)11-14-6-4-5-7-15(14)21-3/h4-7,10H,8-9,11H2,1-3H3,(H,17,20). The minimum Gasteiger partial charge on any atom is -0.496 e. The molecule has 0 aliphatic rings. The van der Waals surface area contributed by atoms with Gasteiger partial charge in [0.25, 0.3) is 0 Å². The first-order valence-corrected chi connectivity index (χ1v) is 7.00. The van der Waals surface area contributed by atoms with E-state index in [1.807, 2.05) is 48.9 Å². The fraction of sp³-hybridized carbons (Fsp3) is 0.375. The van der Waals surface area contributed by atoms with Crippen molar-refractivity contribution in [3.05, 3.63) is 47.3 Å². The predicted molar refractivity (Wildman–Crippen MR) is 81.4 cm³/mol. The van der Waals surface area contributed by atoms with E-state index in [1.165, 1.54) is 0 Å².